The van der Waals surface area contributed by atoms with Crippen LogP contribution in [0, 0.1) is 18.6 Å². The van der Waals surface area contributed by atoms with E-state index in [2.05, 4.69) is 26.7 Å². The van der Waals surface area contributed by atoms with Gasteiger partial charge in [-0.15, -0.1) is 11.3 Å². The number of sulfonamides is 1. The molecule has 3 aromatic rings. The van der Waals surface area contributed by atoms with Gasteiger partial charge in [-0.2, -0.15) is 0 Å². The summed E-state index contributed by atoms with van der Waals surface area (Å²) in [5.74, 6) is -2.32. The van der Waals surface area contributed by atoms with Crippen molar-refractivity contribution < 1.29 is 21.9 Å². The molecule has 1 aliphatic rings. The number of nitrogens with one attached hydrogen (secondary N) is 1. The zero-order chi connectivity index (χ0) is 23.4. The van der Waals surface area contributed by atoms with Crippen molar-refractivity contribution in [2.45, 2.75) is 37.2 Å². The Hall–Kier alpha value is -2.56. The summed E-state index contributed by atoms with van der Waals surface area (Å²) >= 11 is 1.16. The van der Waals surface area contributed by atoms with E-state index in [-0.39, 0.29) is 23.2 Å². The molecule has 6 nitrogen and oxygen atoms in total. The summed E-state index contributed by atoms with van der Waals surface area (Å²) in [6.45, 7) is 3.98. The number of benzene rings is 2. The molecule has 0 bridgehead atoms. The third-order valence-corrected chi connectivity index (χ3v) is 7.68. The highest BCUT2D eigenvalue weighted by Gasteiger charge is 2.29. The molecule has 2 heterocycles. The highest BCUT2D eigenvalue weighted by Crippen LogP contribution is 2.32. The molecule has 33 heavy (non-hydrogen) atoms. The molecule has 1 N–H and O–H groups in total. The van der Waals surface area contributed by atoms with Gasteiger partial charge in [0.15, 0.2) is 16.5 Å². The molecule has 1 aliphatic heterocycles. The lowest BCUT2D eigenvalue weighted by Crippen LogP contribution is -2.39. The first-order valence-electron chi connectivity index (χ1n) is 10.7. The fraction of sp³-hybridized carbons (Fsp3) is 0.348. The van der Waals surface area contributed by atoms with Crippen molar-refractivity contribution in [3.05, 3.63) is 70.1 Å². The predicted octanol–water partition coefficient (Wildman–Crippen LogP) is 4.62. The SMILES string of the molecule is Cc1c(OC2CCN(CCc3ccccc3)CC2)cc(F)c(S(=O)(=O)Nc2cscn2)c1F. The molecule has 2 aromatic carbocycles. The summed E-state index contributed by atoms with van der Waals surface area (Å²) in [5, 5.41) is 1.43. The topological polar surface area (TPSA) is 71.5 Å². The summed E-state index contributed by atoms with van der Waals surface area (Å²) < 4.78 is 62.7. The molecule has 0 atom stereocenters. The zero-order valence-corrected chi connectivity index (χ0v) is 19.8. The number of halogens is 2. The van der Waals surface area contributed by atoms with Crippen LogP contribution in [0.3, 0.4) is 0 Å². The third-order valence-electron chi connectivity index (χ3n) is 5.70. The van der Waals surface area contributed by atoms with E-state index in [1.807, 2.05) is 18.2 Å². The number of hydrogen-bond donors (Lipinski definition) is 1. The van der Waals surface area contributed by atoms with Crippen LogP contribution in [0.2, 0.25) is 0 Å². The fourth-order valence-electron chi connectivity index (χ4n) is 3.85. The molecule has 0 radical (unpaired) electrons. The van der Waals surface area contributed by atoms with Gasteiger partial charge in [0.2, 0.25) is 0 Å². The molecule has 4 rings (SSSR count). The van der Waals surface area contributed by atoms with Gasteiger partial charge < -0.3 is 9.64 Å². The summed E-state index contributed by atoms with van der Waals surface area (Å²) in [7, 11) is -4.47. The average Bonchev–Trinajstić information content (AvgIpc) is 3.29. The molecular formula is C23H25F2N3O3S2. The molecule has 0 aliphatic carbocycles. The Morgan fingerprint density at radius 3 is 2.61 bits per heavy atom. The first-order chi connectivity index (χ1) is 15.8. The first-order valence-corrected chi connectivity index (χ1v) is 13.1. The van der Waals surface area contributed by atoms with Crippen LogP contribution < -0.4 is 9.46 Å². The van der Waals surface area contributed by atoms with Gasteiger partial charge in [0.25, 0.3) is 10.0 Å². The van der Waals surface area contributed by atoms with E-state index in [4.69, 9.17) is 4.74 Å². The Bertz CT molecular complexity index is 1180. The maximum absolute atomic E-state index is 15.0. The van der Waals surface area contributed by atoms with E-state index in [0.29, 0.717) is 0 Å². The summed E-state index contributed by atoms with van der Waals surface area (Å²) in [4.78, 5) is 5.11. The minimum atomic E-state index is -4.47. The minimum Gasteiger partial charge on any atom is -0.490 e. The molecule has 176 valence electrons. The van der Waals surface area contributed by atoms with E-state index in [1.54, 1.807) is 0 Å². The van der Waals surface area contributed by atoms with Gasteiger partial charge in [0.1, 0.15) is 17.7 Å². The Labute approximate surface area is 196 Å². The monoisotopic (exact) mass is 493 g/mol. The van der Waals surface area contributed by atoms with Crippen LogP contribution in [0.25, 0.3) is 0 Å². The van der Waals surface area contributed by atoms with E-state index < -0.39 is 26.6 Å². The third kappa shape index (κ3) is 5.69. The molecule has 0 saturated carbocycles. The number of aromatic nitrogens is 1. The van der Waals surface area contributed by atoms with Crippen LogP contribution in [0.5, 0.6) is 5.75 Å². The smallest absolute Gasteiger partial charge is 0.268 e. The van der Waals surface area contributed by atoms with Crippen molar-refractivity contribution in [3.63, 3.8) is 0 Å². The van der Waals surface area contributed by atoms with Crippen molar-refractivity contribution in [1.29, 1.82) is 0 Å². The molecule has 1 saturated heterocycles. The lowest BCUT2D eigenvalue weighted by atomic mass is 10.1. The maximum Gasteiger partial charge on any atom is 0.268 e. The largest absolute Gasteiger partial charge is 0.490 e. The van der Waals surface area contributed by atoms with Crippen LogP contribution in [0.4, 0.5) is 14.6 Å². The van der Waals surface area contributed by atoms with Crippen molar-refractivity contribution in [1.82, 2.24) is 9.88 Å². The molecular weight excluding hydrogens is 468 g/mol. The summed E-state index contributed by atoms with van der Waals surface area (Å²) in [6.07, 6.45) is 2.23. The molecule has 0 amide bonds. The van der Waals surface area contributed by atoms with E-state index in [0.717, 1.165) is 56.3 Å². The highest BCUT2D eigenvalue weighted by molar-refractivity contribution is 7.92. The Morgan fingerprint density at radius 2 is 1.94 bits per heavy atom. The van der Waals surface area contributed by atoms with Crippen LogP contribution in [0.1, 0.15) is 24.0 Å². The van der Waals surface area contributed by atoms with Gasteiger partial charge in [-0.1, -0.05) is 30.3 Å². The van der Waals surface area contributed by atoms with Crippen molar-refractivity contribution in [2.24, 2.45) is 0 Å². The number of rotatable bonds is 8. The molecule has 0 spiro atoms. The van der Waals surface area contributed by atoms with Crippen LogP contribution >= 0.6 is 11.3 Å². The van der Waals surface area contributed by atoms with Crippen LogP contribution in [-0.2, 0) is 16.4 Å². The quantitative estimate of drug-likeness (QED) is 0.496. The number of hydrogen-bond acceptors (Lipinski definition) is 6. The zero-order valence-electron chi connectivity index (χ0n) is 18.1. The van der Waals surface area contributed by atoms with E-state index in [1.165, 1.54) is 23.4 Å². The second kappa shape index (κ2) is 10.1. The number of ether oxygens (including phenoxy) is 1. The predicted molar refractivity (Wildman–Crippen MR) is 124 cm³/mol. The first kappa shape index (κ1) is 23.6. The number of thiazole rings is 1. The Kier molecular flexibility index (Phi) is 7.26. The second-order valence-corrected chi connectivity index (χ2v) is 10.3. The van der Waals surface area contributed by atoms with Gasteiger partial charge in [0, 0.05) is 36.6 Å². The number of anilines is 1. The Balaban J connectivity index is 1.39. The van der Waals surface area contributed by atoms with Gasteiger partial charge in [0.05, 0.1) is 5.51 Å². The van der Waals surface area contributed by atoms with Crippen molar-refractivity contribution in [3.8, 4) is 5.75 Å². The van der Waals surface area contributed by atoms with Gasteiger partial charge in [-0.3, -0.25) is 4.72 Å². The van der Waals surface area contributed by atoms with Gasteiger partial charge >= 0.3 is 0 Å². The van der Waals surface area contributed by atoms with Crippen molar-refractivity contribution >= 4 is 27.2 Å². The van der Waals surface area contributed by atoms with Gasteiger partial charge in [-0.05, 0) is 31.7 Å². The Morgan fingerprint density at radius 1 is 1.21 bits per heavy atom. The molecule has 0 unspecified atom stereocenters. The van der Waals surface area contributed by atoms with Crippen molar-refractivity contribution in [2.75, 3.05) is 24.4 Å². The highest BCUT2D eigenvalue weighted by atomic mass is 32.2. The fourth-order valence-corrected chi connectivity index (χ4v) is 5.61. The van der Waals surface area contributed by atoms with Crippen LogP contribution in [-0.4, -0.2) is 44.0 Å². The van der Waals surface area contributed by atoms with E-state index >= 15 is 0 Å². The lowest BCUT2D eigenvalue weighted by molar-refractivity contribution is 0.0999. The van der Waals surface area contributed by atoms with Crippen LogP contribution in [0.15, 0.2) is 52.2 Å². The summed E-state index contributed by atoms with van der Waals surface area (Å²) in [5.41, 5.74) is 2.66. The number of nitrogens with zero attached hydrogens (tertiary/aromatic N) is 2. The average molecular weight is 494 g/mol. The number of likely N-dealkylation sites (tertiary alicyclic amines) is 1. The molecule has 10 heteroatoms. The lowest BCUT2D eigenvalue weighted by Gasteiger charge is -2.32. The van der Waals surface area contributed by atoms with E-state index in [9.17, 15) is 17.2 Å². The molecule has 1 aromatic heterocycles. The maximum atomic E-state index is 15.0. The molecule has 1 fully saturated rings. The van der Waals surface area contributed by atoms with Gasteiger partial charge in [-0.25, -0.2) is 22.2 Å². The standard InChI is InChI=1S/C23H25F2N3O3S2/c1-16-20(13-19(24)23(22(16)25)33(29,30)27-21-14-32-15-26-21)31-18-8-11-28(12-9-18)10-7-17-5-3-2-4-6-17/h2-6,13-15,18,27H,7-12H2,1H3. The minimum absolute atomic E-state index is 0.0100. The summed E-state index contributed by atoms with van der Waals surface area (Å²) in [6, 6.07) is 11.2. The second-order valence-electron chi connectivity index (χ2n) is 8.00. The number of piperidine rings is 1. The normalized spacial score (nSPS) is 15.5.